The van der Waals surface area contributed by atoms with Crippen LogP contribution in [-0.4, -0.2) is 16.1 Å². The number of benzene rings is 2. The summed E-state index contributed by atoms with van der Waals surface area (Å²) in [6, 6.07) is 14.0. The number of hydrogen-bond donors (Lipinski definition) is 1. The summed E-state index contributed by atoms with van der Waals surface area (Å²) in [6.07, 6.45) is 3.20. The molecule has 0 fully saturated rings. The highest BCUT2D eigenvalue weighted by Gasteiger charge is 2.20. The number of aryl methyl sites for hydroxylation is 3. The summed E-state index contributed by atoms with van der Waals surface area (Å²) in [5, 5.41) is 10.7. The molecule has 0 unspecified atom stereocenters. The molecule has 1 heterocycles. The van der Waals surface area contributed by atoms with Crippen molar-refractivity contribution in [3.63, 3.8) is 0 Å². The van der Waals surface area contributed by atoms with Crippen molar-refractivity contribution < 1.29 is 9.90 Å². The van der Waals surface area contributed by atoms with Crippen molar-refractivity contribution in [1.29, 1.82) is 0 Å². The van der Waals surface area contributed by atoms with Gasteiger partial charge in [-0.15, -0.1) is 0 Å². The Bertz CT molecular complexity index is 949. The van der Waals surface area contributed by atoms with E-state index >= 15 is 0 Å². The highest BCUT2D eigenvalue weighted by molar-refractivity contribution is 9.10. The lowest BCUT2D eigenvalue weighted by atomic mass is 9.93. The van der Waals surface area contributed by atoms with E-state index in [1.54, 1.807) is 0 Å². The van der Waals surface area contributed by atoms with Crippen LogP contribution in [0, 0.1) is 6.92 Å². The van der Waals surface area contributed by atoms with Crippen LogP contribution in [0.1, 0.15) is 46.1 Å². The van der Waals surface area contributed by atoms with Crippen LogP contribution in [0.4, 0.5) is 0 Å². The predicted molar refractivity (Wildman–Crippen MR) is 109 cm³/mol. The van der Waals surface area contributed by atoms with Crippen molar-refractivity contribution in [2.45, 2.75) is 39.5 Å². The molecule has 2 aromatic carbocycles. The van der Waals surface area contributed by atoms with Gasteiger partial charge >= 0.3 is 5.97 Å². The molecule has 4 heteroatoms. The van der Waals surface area contributed by atoms with Gasteiger partial charge in [0.25, 0.3) is 0 Å². The second-order valence-electron chi connectivity index (χ2n) is 6.61. The Hall–Kier alpha value is -2.20. The second-order valence-corrected chi connectivity index (χ2v) is 7.53. The molecule has 0 saturated heterocycles. The van der Waals surface area contributed by atoms with Crippen LogP contribution in [0.5, 0.6) is 0 Å². The van der Waals surface area contributed by atoms with E-state index in [4.69, 9.17) is 4.98 Å². The van der Waals surface area contributed by atoms with Gasteiger partial charge in [0, 0.05) is 15.6 Å². The molecular weight excluding hydrogens is 390 g/mol. The molecule has 0 radical (unpaired) electrons. The zero-order valence-electron chi connectivity index (χ0n) is 15.1. The van der Waals surface area contributed by atoms with Crippen molar-refractivity contribution in [2.75, 3.05) is 0 Å². The van der Waals surface area contributed by atoms with Crippen LogP contribution in [-0.2, 0) is 19.3 Å². The molecule has 3 rings (SSSR count). The molecule has 3 aromatic rings. The first-order valence-corrected chi connectivity index (χ1v) is 9.68. The van der Waals surface area contributed by atoms with Gasteiger partial charge in [0.1, 0.15) is 0 Å². The van der Waals surface area contributed by atoms with Gasteiger partial charge in [-0.1, -0.05) is 53.0 Å². The molecule has 0 aliphatic rings. The Morgan fingerprint density at radius 2 is 1.81 bits per heavy atom. The van der Waals surface area contributed by atoms with Crippen molar-refractivity contribution in [2.24, 2.45) is 0 Å². The van der Waals surface area contributed by atoms with Gasteiger partial charge in [-0.05, 0) is 61.6 Å². The number of rotatable bonds is 6. The molecule has 26 heavy (non-hydrogen) atoms. The summed E-state index contributed by atoms with van der Waals surface area (Å²) in [6.45, 7) is 4.08. The van der Waals surface area contributed by atoms with E-state index in [1.165, 1.54) is 5.56 Å². The van der Waals surface area contributed by atoms with Gasteiger partial charge in [0.05, 0.1) is 11.1 Å². The Morgan fingerprint density at radius 3 is 2.46 bits per heavy atom. The van der Waals surface area contributed by atoms with Gasteiger partial charge in [-0.2, -0.15) is 0 Å². The standard InChI is InChI=1S/C22H22BrNO2/c1-3-4-19-17(11-8-15-6-9-16(23)10-7-15)21(22(25)26)18-13-14(2)5-12-20(18)24-19/h5-7,9-10,12-13H,3-4,8,11H2,1-2H3,(H,25,26). The normalized spacial score (nSPS) is 11.0. The number of hydrogen-bond acceptors (Lipinski definition) is 2. The van der Waals surface area contributed by atoms with E-state index in [0.717, 1.165) is 51.5 Å². The van der Waals surface area contributed by atoms with Crippen LogP contribution < -0.4 is 0 Å². The molecule has 0 bridgehead atoms. The number of carboxylic acids is 1. The quantitative estimate of drug-likeness (QED) is 0.562. The zero-order valence-corrected chi connectivity index (χ0v) is 16.6. The first-order valence-electron chi connectivity index (χ1n) is 8.89. The maximum Gasteiger partial charge on any atom is 0.336 e. The number of carboxylic acid groups (broad SMARTS) is 1. The van der Waals surface area contributed by atoms with E-state index in [0.29, 0.717) is 12.0 Å². The number of aromatic nitrogens is 1. The third-order valence-corrected chi connectivity index (χ3v) is 5.13. The molecule has 0 spiro atoms. The molecule has 0 saturated carbocycles. The van der Waals surface area contributed by atoms with E-state index in [1.807, 2.05) is 37.3 Å². The molecule has 0 amide bonds. The number of carbonyl (C=O) groups is 1. The maximum atomic E-state index is 12.1. The van der Waals surface area contributed by atoms with E-state index in [-0.39, 0.29) is 0 Å². The monoisotopic (exact) mass is 411 g/mol. The third-order valence-electron chi connectivity index (χ3n) is 4.60. The molecular formula is C22H22BrNO2. The number of nitrogens with zero attached hydrogens (tertiary/aromatic N) is 1. The lowest BCUT2D eigenvalue weighted by molar-refractivity contribution is 0.0697. The predicted octanol–water partition coefficient (Wildman–Crippen LogP) is 5.74. The molecule has 1 aromatic heterocycles. The zero-order chi connectivity index (χ0) is 18.7. The van der Waals surface area contributed by atoms with E-state index in [2.05, 4.69) is 35.0 Å². The minimum Gasteiger partial charge on any atom is -0.478 e. The topological polar surface area (TPSA) is 50.2 Å². The summed E-state index contributed by atoms with van der Waals surface area (Å²) in [7, 11) is 0. The molecule has 0 aliphatic carbocycles. The van der Waals surface area contributed by atoms with Crippen LogP contribution in [0.15, 0.2) is 46.9 Å². The number of halogens is 1. The van der Waals surface area contributed by atoms with Crippen LogP contribution in [0.2, 0.25) is 0 Å². The van der Waals surface area contributed by atoms with Crippen LogP contribution >= 0.6 is 15.9 Å². The fourth-order valence-electron chi connectivity index (χ4n) is 3.34. The number of pyridine rings is 1. The first kappa shape index (κ1) is 18.6. The Labute approximate surface area is 162 Å². The summed E-state index contributed by atoms with van der Waals surface area (Å²) in [5.41, 5.74) is 5.21. The maximum absolute atomic E-state index is 12.1. The van der Waals surface area contributed by atoms with E-state index in [9.17, 15) is 9.90 Å². The fourth-order valence-corrected chi connectivity index (χ4v) is 3.61. The molecule has 0 aliphatic heterocycles. The third kappa shape index (κ3) is 3.96. The van der Waals surface area contributed by atoms with Gasteiger partial charge in [-0.25, -0.2) is 4.79 Å². The van der Waals surface area contributed by atoms with Gasteiger partial charge in [0.2, 0.25) is 0 Å². The lowest BCUT2D eigenvalue weighted by Gasteiger charge is -2.15. The number of fused-ring (bicyclic) bond motifs is 1. The van der Waals surface area contributed by atoms with Crippen molar-refractivity contribution in [1.82, 2.24) is 4.98 Å². The van der Waals surface area contributed by atoms with Crippen molar-refractivity contribution in [3.8, 4) is 0 Å². The average molecular weight is 412 g/mol. The largest absolute Gasteiger partial charge is 0.478 e. The lowest BCUT2D eigenvalue weighted by Crippen LogP contribution is -2.11. The molecule has 134 valence electrons. The average Bonchev–Trinajstić information content (AvgIpc) is 2.61. The van der Waals surface area contributed by atoms with E-state index < -0.39 is 5.97 Å². The smallest absolute Gasteiger partial charge is 0.336 e. The highest BCUT2D eigenvalue weighted by Crippen LogP contribution is 2.27. The Morgan fingerprint density at radius 1 is 1.08 bits per heavy atom. The first-order chi connectivity index (χ1) is 12.5. The summed E-state index contributed by atoms with van der Waals surface area (Å²) in [4.78, 5) is 16.9. The van der Waals surface area contributed by atoms with Gasteiger partial charge in [-0.3, -0.25) is 4.98 Å². The SMILES string of the molecule is CCCc1nc2ccc(C)cc2c(C(=O)O)c1CCc1ccc(Br)cc1. The highest BCUT2D eigenvalue weighted by atomic mass is 79.9. The molecule has 0 atom stereocenters. The molecule has 1 N–H and O–H groups in total. The molecule has 3 nitrogen and oxygen atoms in total. The minimum atomic E-state index is -0.869. The summed E-state index contributed by atoms with van der Waals surface area (Å²) < 4.78 is 1.04. The minimum absolute atomic E-state index is 0.416. The van der Waals surface area contributed by atoms with Gasteiger partial charge in [0.15, 0.2) is 0 Å². The van der Waals surface area contributed by atoms with Crippen LogP contribution in [0.3, 0.4) is 0 Å². The van der Waals surface area contributed by atoms with Crippen molar-refractivity contribution in [3.05, 3.63) is 74.9 Å². The Kier molecular flexibility index (Phi) is 5.72. The summed E-state index contributed by atoms with van der Waals surface area (Å²) >= 11 is 3.45. The van der Waals surface area contributed by atoms with Crippen LogP contribution in [0.25, 0.3) is 10.9 Å². The Balaban J connectivity index is 2.10. The fraction of sp³-hybridized carbons (Fsp3) is 0.273. The summed E-state index contributed by atoms with van der Waals surface area (Å²) in [5.74, 6) is -0.869. The van der Waals surface area contributed by atoms with Gasteiger partial charge < -0.3 is 5.11 Å². The van der Waals surface area contributed by atoms with Crippen molar-refractivity contribution >= 4 is 32.8 Å². The second kappa shape index (κ2) is 8.00. The number of aromatic carboxylic acids is 1.